The minimum atomic E-state index is -0.644. The van der Waals surface area contributed by atoms with Crippen molar-refractivity contribution in [1.82, 2.24) is 10.2 Å². The molecule has 0 aliphatic heterocycles. The smallest absolute Gasteiger partial charge is 0.326 e. The zero-order chi connectivity index (χ0) is 14.9. The molecular weight excluding hydrogens is 244 g/mol. The molecule has 0 bridgehead atoms. The molecule has 0 fully saturated rings. The fourth-order valence-electron chi connectivity index (χ4n) is 1.90. The van der Waals surface area contributed by atoms with E-state index in [2.05, 4.69) is 17.1 Å². The third-order valence-corrected chi connectivity index (χ3v) is 3.53. The number of hydrogen-bond acceptors (Lipinski definition) is 5. The van der Waals surface area contributed by atoms with E-state index in [0.717, 1.165) is 13.2 Å². The Labute approximate surface area is 117 Å². The number of carbonyl (C=O) groups is 1. The number of carbonyl (C=O) groups excluding carboxylic acids is 1. The van der Waals surface area contributed by atoms with E-state index in [4.69, 9.17) is 9.47 Å². The van der Waals surface area contributed by atoms with E-state index < -0.39 is 5.54 Å². The second-order valence-corrected chi connectivity index (χ2v) is 5.03. The third kappa shape index (κ3) is 6.36. The number of likely N-dealkylation sites (N-methyl/N-ethyl adjacent to an activating group) is 2. The Morgan fingerprint density at radius 3 is 2.47 bits per heavy atom. The van der Waals surface area contributed by atoms with Crippen molar-refractivity contribution >= 4 is 5.97 Å². The summed E-state index contributed by atoms with van der Waals surface area (Å²) in [6.07, 6.45) is 0.699. The Morgan fingerprint density at radius 2 is 2.00 bits per heavy atom. The van der Waals surface area contributed by atoms with Gasteiger partial charge in [-0.25, -0.2) is 0 Å². The minimum Gasteiger partial charge on any atom is -0.465 e. The van der Waals surface area contributed by atoms with Crippen molar-refractivity contribution in [1.29, 1.82) is 0 Å². The van der Waals surface area contributed by atoms with Gasteiger partial charge in [0.25, 0.3) is 0 Å². The van der Waals surface area contributed by atoms with Gasteiger partial charge in [0.15, 0.2) is 0 Å². The first kappa shape index (κ1) is 18.4. The molecule has 114 valence electrons. The number of nitrogens with one attached hydrogen (secondary N) is 1. The molecule has 0 rings (SSSR count). The molecule has 19 heavy (non-hydrogen) atoms. The molecule has 5 heteroatoms. The van der Waals surface area contributed by atoms with Crippen molar-refractivity contribution in [2.45, 2.75) is 45.7 Å². The molecule has 0 saturated heterocycles. The number of hydrogen-bond donors (Lipinski definition) is 1. The summed E-state index contributed by atoms with van der Waals surface area (Å²) in [7, 11) is 3.84. The Balaban J connectivity index is 4.39. The SMILES string of the molecule is CCOCCN(C)C(C)CC(C)(NC)C(=O)OCC. The summed E-state index contributed by atoms with van der Waals surface area (Å²) in [5, 5.41) is 3.08. The maximum absolute atomic E-state index is 12.0. The highest BCUT2D eigenvalue weighted by Gasteiger charge is 2.35. The zero-order valence-electron chi connectivity index (χ0n) is 13.3. The Hall–Kier alpha value is -0.650. The standard InChI is InChI=1S/C14H30N2O3/c1-7-18-10-9-16(6)12(3)11-14(4,15-5)13(17)19-8-2/h12,15H,7-11H2,1-6H3. The third-order valence-electron chi connectivity index (χ3n) is 3.53. The van der Waals surface area contributed by atoms with Gasteiger partial charge in [-0.15, -0.1) is 0 Å². The number of ether oxygens (including phenoxy) is 2. The second-order valence-electron chi connectivity index (χ2n) is 5.03. The monoisotopic (exact) mass is 274 g/mol. The lowest BCUT2D eigenvalue weighted by molar-refractivity contribution is -0.151. The maximum atomic E-state index is 12.0. The molecule has 0 aromatic rings. The summed E-state index contributed by atoms with van der Waals surface area (Å²) in [5.74, 6) is -0.192. The average Bonchev–Trinajstić information content (AvgIpc) is 2.38. The van der Waals surface area contributed by atoms with Crippen LogP contribution in [0.5, 0.6) is 0 Å². The molecule has 0 aliphatic carbocycles. The average molecular weight is 274 g/mol. The van der Waals surface area contributed by atoms with E-state index in [1.807, 2.05) is 27.8 Å². The van der Waals surface area contributed by atoms with Crippen LogP contribution in [0.3, 0.4) is 0 Å². The van der Waals surface area contributed by atoms with Crippen molar-refractivity contribution in [3.8, 4) is 0 Å². The quantitative estimate of drug-likeness (QED) is 0.480. The first-order chi connectivity index (χ1) is 8.91. The van der Waals surface area contributed by atoms with Crippen LogP contribution >= 0.6 is 0 Å². The minimum absolute atomic E-state index is 0.192. The Kier molecular flexibility index (Phi) is 8.97. The van der Waals surface area contributed by atoms with Gasteiger partial charge in [0, 0.05) is 19.2 Å². The van der Waals surface area contributed by atoms with Gasteiger partial charge in [-0.3, -0.25) is 4.79 Å². The first-order valence-corrected chi connectivity index (χ1v) is 7.05. The van der Waals surface area contributed by atoms with Crippen LogP contribution in [0.2, 0.25) is 0 Å². The Bertz CT molecular complexity index is 261. The molecular formula is C14H30N2O3. The lowest BCUT2D eigenvalue weighted by Crippen LogP contribution is -2.52. The Morgan fingerprint density at radius 1 is 1.37 bits per heavy atom. The summed E-state index contributed by atoms with van der Waals surface area (Å²) in [5.41, 5.74) is -0.644. The highest BCUT2D eigenvalue weighted by molar-refractivity contribution is 5.80. The molecule has 0 aliphatic rings. The highest BCUT2D eigenvalue weighted by Crippen LogP contribution is 2.17. The summed E-state index contributed by atoms with van der Waals surface area (Å²) >= 11 is 0. The lowest BCUT2D eigenvalue weighted by atomic mass is 9.93. The van der Waals surface area contributed by atoms with Gasteiger partial charge in [-0.05, 0) is 48.2 Å². The first-order valence-electron chi connectivity index (χ1n) is 7.05. The van der Waals surface area contributed by atoms with Crippen LogP contribution in [0.1, 0.15) is 34.1 Å². The molecule has 1 N–H and O–H groups in total. The molecule has 0 radical (unpaired) electrons. The second kappa shape index (κ2) is 9.28. The highest BCUT2D eigenvalue weighted by atomic mass is 16.5. The lowest BCUT2D eigenvalue weighted by Gasteiger charge is -2.33. The van der Waals surface area contributed by atoms with Crippen LogP contribution in [0, 0.1) is 0 Å². The molecule has 0 saturated carbocycles. The van der Waals surface area contributed by atoms with Crippen molar-refractivity contribution in [2.24, 2.45) is 0 Å². The van der Waals surface area contributed by atoms with Crippen molar-refractivity contribution in [3.05, 3.63) is 0 Å². The molecule has 0 heterocycles. The molecule has 0 aromatic heterocycles. The summed E-state index contributed by atoms with van der Waals surface area (Å²) in [6, 6.07) is 0.266. The van der Waals surface area contributed by atoms with Gasteiger partial charge in [-0.2, -0.15) is 0 Å². The zero-order valence-corrected chi connectivity index (χ0v) is 13.3. The largest absolute Gasteiger partial charge is 0.465 e. The maximum Gasteiger partial charge on any atom is 0.326 e. The molecule has 2 atom stereocenters. The molecule has 0 amide bonds. The fraction of sp³-hybridized carbons (Fsp3) is 0.929. The van der Waals surface area contributed by atoms with Crippen LogP contribution in [0.15, 0.2) is 0 Å². The van der Waals surface area contributed by atoms with Crippen LogP contribution < -0.4 is 5.32 Å². The van der Waals surface area contributed by atoms with Crippen molar-refractivity contribution in [2.75, 3.05) is 40.5 Å². The summed E-state index contributed by atoms with van der Waals surface area (Å²) in [6.45, 7) is 10.5. The van der Waals surface area contributed by atoms with E-state index in [0.29, 0.717) is 19.6 Å². The number of rotatable bonds is 10. The van der Waals surface area contributed by atoms with Crippen molar-refractivity contribution in [3.63, 3.8) is 0 Å². The number of esters is 1. The van der Waals surface area contributed by atoms with Gasteiger partial charge in [0.05, 0.1) is 13.2 Å². The van der Waals surface area contributed by atoms with Gasteiger partial charge >= 0.3 is 5.97 Å². The molecule has 2 unspecified atom stereocenters. The van der Waals surface area contributed by atoms with Crippen LogP contribution in [0.25, 0.3) is 0 Å². The molecule has 5 nitrogen and oxygen atoms in total. The predicted octanol–water partition coefficient (Wildman–Crippen LogP) is 1.27. The van der Waals surface area contributed by atoms with Gasteiger partial charge in [0.2, 0.25) is 0 Å². The molecule has 0 aromatic carbocycles. The summed E-state index contributed by atoms with van der Waals surface area (Å²) < 4.78 is 10.5. The van der Waals surface area contributed by atoms with Crippen molar-refractivity contribution < 1.29 is 14.3 Å². The van der Waals surface area contributed by atoms with E-state index in [-0.39, 0.29) is 12.0 Å². The van der Waals surface area contributed by atoms with Gasteiger partial charge in [0.1, 0.15) is 5.54 Å². The van der Waals surface area contributed by atoms with Crippen LogP contribution in [-0.4, -0.2) is 62.9 Å². The number of nitrogens with zero attached hydrogens (tertiary/aromatic N) is 1. The van der Waals surface area contributed by atoms with E-state index in [1.165, 1.54) is 0 Å². The molecule has 0 spiro atoms. The topological polar surface area (TPSA) is 50.8 Å². The van der Waals surface area contributed by atoms with Crippen LogP contribution in [0.4, 0.5) is 0 Å². The normalized spacial score (nSPS) is 16.2. The van der Waals surface area contributed by atoms with E-state index >= 15 is 0 Å². The predicted molar refractivity (Wildman–Crippen MR) is 77.3 cm³/mol. The van der Waals surface area contributed by atoms with Gasteiger partial charge in [-0.1, -0.05) is 0 Å². The van der Waals surface area contributed by atoms with Gasteiger partial charge < -0.3 is 19.7 Å². The van der Waals surface area contributed by atoms with E-state index in [1.54, 1.807) is 7.05 Å². The van der Waals surface area contributed by atoms with E-state index in [9.17, 15) is 4.79 Å². The summed E-state index contributed by atoms with van der Waals surface area (Å²) in [4.78, 5) is 14.2. The van der Waals surface area contributed by atoms with Crippen LogP contribution in [-0.2, 0) is 14.3 Å². The fourth-order valence-corrected chi connectivity index (χ4v) is 1.90.